The summed E-state index contributed by atoms with van der Waals surface area (Å²) in [6.45, 7) is 6.73. The second-order valence-electron chi connectivity index (χ2n) is 11.7. The summed E-state index contributed by atoms with van der Waals surface area (Å²) in [5.74, 6) is -1.58. The number of anilines is 1. The first-order valence-corrected chi connectivity index (χ1v) is 13.8. The first-order chi connectivity index (χ1) is 18.4. The van der Waals surface area contributed by atoms with E-state index in [2.05, 4.69) is 20.2 Å². The molecule has 2 N–H and O–H groups in total. The number of aliphatic hydroxyl groups is 1. The maximum absolute atomic E-state index is 13.5. The molecule has 39 heavy (non-hydrogen) atoms. The van der Waals surface area contributed by atoms with Crippen LogP contribution in [0.25, 0.3) is 10.9 Å². The number of fused-ring (bicyclic) bond motifs is 1. The summed E-state index contributed by atoms with van der Waals surface area (Å²) in [5.41, 5.74) is -1.78. The monoisotopic (exact) mass is 550 g/mol. The zero-order valence-corrected chi connectivity index (χ0v) is 22.5. The molecule has 0 bridgehead atoms. The number of pyridine rings is 1. The van der Waals surface area contributed by atoms with Crippen molar-refractivity contribution in [1.82, 2.24) is 24.8 Å². The SMILES string of the molecule is CC1CN(C(=O)[C@H](C)CC(F)(F)F)CC2(CCCC2)C1(O)Cn1ccc2nc(N3CCNCC3)ncc2c1=O. The minimum absolute atomic E-state index is 0.0304. The molecule has 9 nitrogen and oxygen atoms in total. The van der Waals surface area contributed by atoms with Crippen LogP contribution in [-0.4, -0.2) is 81.5 Å². The Morgan fingerprint density at radius 2 is 1.95 bits per heavy atom. The predicted octanol–water partition coefficient (Wildman–Crippen LogP) is 2.56. The van der Waals surface area contributed by atoms with E-state index in [4.69, 9.17) is 0 Å². The molecule has 0 radical (unpaired) electrons. The van der Waals surface area contributed by atoms with Gasteiger partial charge in [0.25, 0.3) is 5.56 Å². The van der Waals surface area contributed by atoms with Gasteiger partial charge in [0.15, 0.2) is 0 Å². The Kier molecular flexibility index (Phi) is 7.38. The van der Waals surface area contributed by atoms with E-state index in [9.17, 15) is 27.9 Å². The molecule has 1 amide bonds. The largest absolute Gasteiger partial charge is 0.389 e. The Morgan fingerprint density at radius 1 is 1.26 bits per heavy atom. The number of nitrogens with one attached hydrogen (secondary N) is 1. The maximum atomic E-state index is 13.5. The van der Waals surface area contributed by atoms with Gasteiger partial charge in [-0.05, 0) is 18.9 Å². The Morgan fingerprint density at radius 3 is 2.62 bits per heavy atom. The quantitative estimate of drug-likeness (QED) is 0.590. The van der Waals surface area contributed by atoms with Crippen LogP contribution in [0, 0.1) is 17.3 Å². The normalized spacial score (nSPS) is 26.4. The summed E-state index contributed by atoms with van der Waals surface area (Å²) in [6.07, 6.45) is 0.592. The van der Waals surface area contributed by atoms with Crippen LogP contribution in [0.4, 0.5) is 19.1 Å². The third-order valence-electron chi connectivity index (χ3n) is 9.07. The molecule has 5 rings (SSSR count). The Bertz CT molecular complexity index is 1270. The lowest BCUT2D eigenvalue weighted by molar-refractivity contribution is -0.188. The van der Waals surface area contributed by atoms with Crippen LogP contribution in [0.2, 0.25) is 0 Å². The van der Waals surface area contributed by atoms with Gasteiger partial charge in [0, 0.05) is 68.9 Å². The van der Waals surface area contributed by atoms with Gasteiger partial charge in [-0.25, -0.2) is 9.97 Å². The minimum Gasteiger partial charge on any atom is -0.387 e. The average Bonchev–Trinajstić information content (AvgIpc) is 3.38. The van der Waals surface area contributed by atoms with Crippen molar-refractivity contribution in [3.05, 3.63) is 28.8 Å². The molecule has 2 aromatic rings. The van der Waals surface area contributed by atoms with E-state index >= 15 is 0 Å². The van der Waals surface area contributed by atoms with Crippen LogP contribution in [0.5, 0.6) is 0 Å². The lowest BCUT2D eigenvalue weighted by atomic mass is 9.61. The molecule has 1 spiro atoms. The number of piperidine rings is 1. The van der Waals surface area contributed by atoms with Crippen LogP contribution in [0.3, 0.4) is 0 Å². The van der Waals surface area contributed by atoms with E-state index in [1.165, 1.54) is 16.4 Å². The molecule has 3 fully saturated rings. The van der Waals surface area contributed by atoms with Crippen LogP contribution >= 0.6 is 0 Å². The van der Waals surface area contributed by atoms with E-state index in [0.29, 0.717) is 29.7 Å². The van der Waals surface area contributed by atoms with Crippen molar-refractivity contribution in [2.45, 2.75) is 64.3 Å². The number of nitrogens with zero attached hydrogens (tertiary/aromatic N) is 5. The molecule has 2 unspecified atom stereocenters. The van der Waals surface area contributed by atoms with Crippen molar-refractivity contribution >= 4 is 22.8 Å². The van der Waals surface area contributed by atoms with Crippen molar-refractivity contribution in [2.24, 2.45) is 17.3 Å². The standard InChI is InChI=1S/C27H37F3N6O3/c1-18(13-27(28,29)30)22(37)36-15-19(2)26(39,25(16-36)6-3-4-7-25)17-35-10-5-21-20(23(35)38)14-32-24(33-21)34-11-8-31-9-12-34/h5,10,14,18-19,31,39H,3-4,6-9,11-13,15-17H2,1-2H3/t18-,19?,26?/m1/s1. The van der Waals surface area contributed by atoms with Gasteiger partial charge in [0.1, 0.15) is 0 Å². The molecule has 2 aliphatic heterocycles. The molecule has 214 valence electrons. The molecule has 2 saturated heterocycles. The lowest BCUT2D eigenvalue weighted by Gasteiger charge is -2.56. The van der Waals surface area contributed by atoms with Crippen LogP contribution in [0.15, 0.2) is 23.3 Å². The number of rotatable bonds is 5. The molecule has 1 aliphatic carbocycles. The summed E-state index contributed by atoms with van der Waals surface area (Å²) in [4.78, 5) is 39.2. The number of likely N-dealkylation sites (tertiary alicyclic amines) is 1. The molecule has 0 aromatic carbocycles. The summed E-state index contributed by atoms with van der Waals surface area (Å²) < 4.78 is 40.4. The summed E-state index contributed by atoms with van der Waals surface area (Å²) in [7, 11) is 0. The van der Waals surface area contributed by atoms with Gasteiger partial charge in [0.05, 0.1) is 29.5 Å². The average molecular weight is 551 g/mol. The number of halogens is 3. The van der Waals surface area contributed by atoms with E-state index in [-0.39, 0.29) is 25.2 Å². The molecule has 2 aromatic heterocycles. The molecule has 3 aliphatic rings. The summed E-state index contributed by atoms with van der Waals surface area (Å²) in [6, 6.07) is 1.76. The molecular weight excluding hydrogens is 513 g/mol. The number of piperazine rings is 1. The molecule has 1 saturated carbocycles. The second-order valence-corrected chi connectivity index (χ2v) is 11.7. The topological polar surface area (TPSA) is 104 Å². The third kappa shape index (κ3) is 5.25. The Labute approximate surface area is 225 Å². The van der Waals surface area contributed by atoms with Crippen molar-refractivity contribution in [3.8, 4) is 0 Å². The third-order valence-corrected chi connectivity index (χ3v) is 9.07. The van der Waals surface area contributed by atoms with Crippen molar-refractivity contribution < 1.29 is 23.1 Å². The second kappa shape index (κ2) is 10.3. The number of aromatic nitrogens is 3. The van der Waals surface area contributed by atoms with Gasteiger partial charge in [-0.15, -0.1) is 0 Å². The maximum Gasteiger partial charge on any atom is 0.389 e. The van der Waals surface area contributed by atoms with Crippen molar-refractivity contribution in [3.63, 3.8) is 0 Å². The zero-order valence-electron chi connectivity index (χ0n) is 22.5. The fourth-order valence-corrected chi connectivity index (χ4v) is 6.91. The van der Waals surface area contributed by atoms with Crippen LogP contribution in [-0.2, 0) is 11.3 Å². The molecular formula is C27H37F3N6O3. The van der Waals surface area contributed by atoms with Crippen molar-refractivity contribution in [1.29, 1.82) is 0 Å². The smallest absolute Gasteiger partial charge is 0.387 e. The highest BCUT2D eigenvalue weighted by Gasteiger charge is 2.59. The Balaban J connectivity index is 1.41. The number of amides is 1. The molecule has 4 heterocycles. The predicted molar refractivity (Wildman–Crippen MR) is 140 cm³/mol. The number of hydrogen-bond acceptors (Lipinski definition) is 7. The van der Waals surface area contributed by atoms with E-state index in [1.54, 1.807) is 18.5 Å². The fraction of sp³-hybridized carbons (Fsp3) is 0.704. The van der Waals surface area contributed by atoms with Gasteiger partial charge in [-0.2, -0.15) is 13.2 Å². The van der Waals surface area contributed by atoms with Gasteiger partial charge < -0.3 is 24.8 Å². The van der Waals surface area contributed by atoms with Gasteiger partial charge in [-0.1, -0.05) is 26.7 Å². The summed E-state index contributed by atoms with van der Waals surface area (Å²) in [5, 5.41) is 15.9. The number of carbonyl (C=O) groups excluding carboxylic acids is 1. The molecule has 3 atom stereocenters. The number of alkyl halides is 3. The fourth-order valence-electron chi connectivity index (χ4n) is 6.91. The van der Waals surface area contributed by atoms with E-state index in [1.807, 2.05) is 6.92 Å². The zero-order chi connectivity index (χ0) is 28.0. The van der Waals surface area contributed by atoms with Crippen LogP contribution in [0.1, 0.15) is 46.0 Å². The van der Waals surface area contributed by atoms with Gasteiger partial charge >= 0.3 is 6.18 Å². The lowest BCUT2D eigenvalue weighted by Crippen LogP contribution is -2.66. The van der Waals surface area contributed by atoms with Gasteiger partial charge in [0.2, 0.25) is 11.9 Å². The number of carbonyl (C=O) groups is 1. The first kappa shape index (κ1) is 27.8. The summed E-state index contributed by atoms with van der Waals surface area (Å²) >= 11 is 0. The van der Waals surface area contributed by atoms with E-state index in [0.717, 1.165) is 39.0 Å². The first-order valence-electron chi connectivity index (χ1n) is 13.8. The van der Waals surface area contributed by atoms with E-state index < -0.39 is 41.4 Å². The van der Waals surface area contributed by atoms with Gasteiger partial charge in [-0.3, -0.25) is 9.59 Å². The van der Waals surface area contributed by atoms with Crippen LogP contribution < -0.4 is 15.8 Å². The highest BCUT2D eigenvalue weighted by molar-refractivity contribution is 5.79. The highest BCUT2D eigenvalue weighted by Crippen LogP contribution is 2.53. The van der Waals surface area contributed by atoms with Crippen molar-refractivity contribution in [2.75, 3.05) is 44.2 Å². The molecule has 12 heteroatoms. The number of hydrogen-bond donors (Lipinski definition) is 2. The Hall–Kier alpha value is -2.73. The highest BCUT2D eigenvalue weighted by atomic mass is 19.4. The minimum atomic E-state index is -4.42.